The number of aryl methyl sites for hydroxylation is 1. The van der Waals surface area contributed by atoms with Gasteiger partial charge in [-0.1, -0.05) is 26.0 Å². The van der Waals surface area contributed by atoms with Crippen molar-refractivity contribution in [1.82, 2.24) is 4.90 Å². The maximum Gasteiger partial charge on any atom is 0.344 e. The summed E-state index contributed by atoms with van der Waals surface area (Å²) in [5, 5.41) is -0.343. The van der Waals surface area contributed by atoms with Crippen molar-refractivity contribution in [3.05, 3.63) is 55.5 Å². The quantitative estimate of drug-likeness (QED) is 0.174. The van der Waals surface area contributed by atoms with Crippen molar-refractivity contribution in [3.8, 4) is 17.2 Å². The molecule has 2 amide bonds. The highest BCUT2D eigenvalue weighted by atomic mass is 127. The van der Waals surface area contributed by atoms with Crippen molar-refractivity contribution in [1.29, 1.82) is 0 Å². The van der Waals surface area contributed by atoms with E-state index in [1.165, 1.54) is 12.0 Å². The van der Waals surface area contributed by atoms with Crippen LogP contribution in [0.2, 0.25) is 0 Å². The van der Waals surface area contributed by atoms with E-state index in [0.717, 1.165) is 28.6 Å². The predicted molar refractivity (Wildman–Crippen MR) is 151 cm³/mol. The van der Waals surface area contributed by atoms with Gasteiger partial charge in [-0.2, -0.15) is 0 Å². The van der Waals surface area contributed by atoms with E-state index in [2.05, 4.69) is 36.4 Å². The lowest BCUT2D eigenvalue weighted by Crippen LogP contribution is -2.32. The second-order valence-electron chi connectivity index (χ2n) is 8.51. The molecule has 1 aliphatic heterocycles. The van der Waals surface area contributed by atoms with Crippen LogP contribution >= 0.6 is 34.4 Å². The highest BCUT2D eigenvalue weighted by molar-refractivity contribution is 14.1. The van der Waals surface area contributed by atoms with Crippen molar-refractivity contribution in [3.63, 3.8) is 0 Å². The summed E-state index contributed by atoms with van der Waals surface area (Å²) in [4.78, 5) is 38.7. The number of methoxy groups -OCH3 is 1. The number of ether oxygens (including phenoxy) is 4. The largest absolute Gasteiger partial charge is 0.493 e. The molecule has 0 saturated carbocycles. The zero-order valence-electron chi connectivity index (χ0n) is 21.5. The number of carbonyl (C=O) groups excluding carboxylic acids is 3. The summed E-state index contributed by atoms with van der Waals surface area (Å²) in [6.07, 6.45) is 1.64. The minimum absolute atomic E-state index is 0.148. The SMILES string of the molecule is CCOC(=O)COc1c(I)cc(/C=C2\SC(=O)N(CCOc3cc(C)ccc3C(C)C)C2=O)cc1OC. The van der Waals surface area contributed by atoms with Crippen LogP contribution in [-0.4, -0.2) is 55.5 Å². The molecule has 1 fully saturated rings. The molecule has 0 spiro atoms. The van der Waals surface area contributed by atoms with E-state index >= 15 is 0 Å². The smallest absolute Gasteiger partial charge is 0.344 e. The van der Waals surface area contributed by atoms with Gasteiger partial charge in [0.15, 0.2) is 18.1 Å². The van der Waals surface area contributed by atoms with E-state index in [4.69, 9.17) is 18.9 Å². The summed E-state index contributed by atoms with van der Waals surface area (Å²) in [5.41, 5.74) is 2.82. The summed E-state index contributed by atoms with van der Waals surface area (Å²) in [6, 6.07) is 9.52. The molecule has 1 heterocycles. The zero-order chi connectivity index (χ0) is 27.1. The third-order valence-corrected chi connectivity index (χ3v) is 7.14. The average molecular weight is 640 g/mol. The lowest BCUT2D eigenvalue weighted by Gasteiger charge is -2.17. The molecular weight excluding hydrogens is 609 g/mol. The van der Waals surface area contributed by atoms with E-state index < -0.39 is 5.97 Å². The fourth-order valence-corrected chi connectivity index (χ4v) is 5.28. The third-order valence-electron chi connectivity index (χ3n) is 5.43. The Morgan fingerprint density at radius 3 is 2.57 bits per heavy atom. The molecule has 1 aliphatic rings. The van der Waals surface area contributed by atoms with Crippen LogP contribution in [0.25, 0.3) is 6.08 Å². The molecule has 0 atom stereocenters. The van der Waals surface area contributed by atoms with E-state index in [0.29, 0.717) is 25.5 Å². The molecule has 0 aliphatic carbocycles. The van der Waals surface area contributed by atoms with E-state index in [1.54, 1.807) is 25.1 Å². The Labute approximate surface area is 234 Å². The van der Waals surface area contributed by atoms with Crippen molar-refractivity contribution < 1.29 is 33.3 Å². The number of rotatable bonds is 11. The Morgan fingerprint density at radius 1 is 1.14 bits per heavy atom. The normalized spacial score (nSPS) is 14.5. The van der Waals surface area contributed by atoms with Crippen molar-refractivity contribution in [2.24, 2.45) is 0 Å². The summed E-state index contributed by atoms with van der Waals surface area (Å²) >= 11 is 2.95. The zero-order valence-corrected chi connectivity index (χ0v) is 24.4. The van der Waals surface area contributed by atoms with Crippen molar-refractivity contribution in [2.45, 2.75) is 33.6 Å². The number of esters is 1. The first kappa shape index (κ1) is 28.8. The summed E-state index contributed by atoms with van der Waals surface area (Å²) in [5.74, 6) is 1.00. The van der Waals surface area contributed by atoms with Gasteiger partial charge in [0.25, 0.3) is 11.1 Å². The van der Waals surface area contributed by atoms with E-state index in [-0.39, 0.29) is 43.4 Å². The molecule has 8 nitrogen and oxygen atoms in total. The molecule has 1 saturated heterocycles. The van der Waals surface area contributed by atoms with Crippen LogP contribution in [-0.2, 0) is 14.3 Å². The van der Waals surface area contributed by atoms with Crippen LogP contribution in [0.5, 0.6) is 17.2 Å². The van der Waals surface area contributed by atoms with Gasteiger partial charge in [0, 0.05) is 0 Å². The standard InChI is InChI=1S/C27H30INO7S/c1-6-34-24(30)15-36-25-20(28)12-18(13-22(25)33-5)14-23-26(31)29(27(32)37-23)9-10-35-21-11-17(4)7-8-19(21)16(2)3/h7-8,11-14,16H,6,9-10,15H2,1-5H3/b23-14-. The summed E-state index contributed by atoms with van der Waals surface area (Å²) in [6.45, 7) is 8.26. The summed E-state index contributed by atoms with van der Waals surface area (Å²) < 4.78 is 22.6. The number of nitrogens with zero attached hydrogens (tertiary/aromatic N) is 1. The monoisotopic (exact) mass is 639 g/mol. The minimum atomic E-state index is -0.482. The van der Waals surface area contributed by atoms with E-state index in [9.17, 15) is 14.4 Å². The number of carbonyl (C=O) groups is 3. The van der Waals surface area contributed by atoms with Crippen LogP contribution in [0, 0.1) is 10.5 Å². The number of imide groups is 1. The number of halogens is 1. The molecule has 2 aromatic carbocycles. The van der Waals surface area contributed by atoms with Gasteiger partial charge in [0.2, 0.25) is 0 Å². The maximum absolute atomic E-state index is 13.0. The second-order valence-corrected chi connectivity index (χ2v) is 10.7. The third kappa shape index (κ3) is 7.41. The molecule has 37 heavy (non-hydrogen) atoms. The van der Waals surface area contributed by atoms with Gasteiger partial charge in [-0.15, -0.1) is 0 Å². The van der Waals surface area contributed by atoms with Crippen LogP contribution in [0.4, 0.5) is 4.79 Å². The number of hydrogen-bond donors (Lipinski definition) is 0. The predicted octanol–water partition coefficient (Wildman–Crippen LogP) is 5.79. The Morgan fingerprint density at radius 2 is 1.89 bits per heavy atom. The number of hydrogen-bond acceptors (Lipinski definition) is 8. The molecule has 0 aromatic heterocycles. The minimum Gasteiger partial charge on any atom is -0.493 e. The molecule has 198 valence electrons. The highest BCUT2D eigenvalue weighted by Gasteiger charge is 2.35. The highest BCUT2D eigenvalue weighted by Crippen LogP contribution is 2.37. The molecule has 3 rings (SSSR count). The van der Waals surface area contributed by atoms with Crippen LogP contribution in [0.1, 0.15) is 43.4 Å². The number of amides is 2. The Hall–Kier alpha value is -2.73. The molecule has 0 radical (unpaired) electrons. The Bertz CT molecular complexity index is 1210. The van der Waals surface area contributed by atoms with Gasteiger partial charge >= 0.3 is 5.97 Å². The number of thioether (sulfide) groups is 1. The van der Waals surface area contributed by atoms with Crippen LogP contribution in [0.3, 0.4) is 0 Å². The Balaban J connectivity index is 1.70. The van der Waals surface area contributed by atoms with Gasteiger partial charge < -0.3 is 18.9 Å². The topological polar surface area (TPSA) is 91.4 Å². The summed E-state index contributed by atoms with van der Waals surface area (Å²) in [7, 11) is 1.49. The molecule has 2 aromatic rings. The first-order valence-electron chi connectivity index (χ1n) is 11.8. The number of benzene rings is 2. The van der Waals surface area contributed by atoms with Gasteiger partial charge in [-0.25, -0.2) is 4.79 Å². The second kappa shape index (κ2) is 13.2. The molecule has 0 bridgehead atoms. The lowest BCUT2D eigenvalue weighted by atomic mass is 10.0. The average Bonchev–Trinajstić information content (AvgIpc) is 3.10. The lowest BCUT2D eigenvalue weighted by molar-refractivity contribution is -0.145. The van der Waals surface area contributed by atoms with Gasteiger partial charge in [-0.05, 0) is 95.1 Å². The van der Waals surface area contributed by atoms with Gasteiger partial charge in [0.05, 0.1) is 28.7 Å². The molecule has 10 heteroatoms. The fraction of sp³-hybridized carbons (Fsp3) is 0.370. The van der Waals surface area contributed by atoms with Crippen LogP contribution < -0.4 is 14.2 Å². The first-order chi connectivity index (χ1) is 17.6. The Kier molecular flexibility index (Phi) is 10.3. The van der Waals surface area contributed by atoms with Crippen molar-refractivity contribution >= 4 is 57.5 Å². The van der Waals surface area contributed by atoms with Gasteiger partial charge in [0.1, 0.15) is 12.4 Å². The fourth-order valence-electron chi connectivity index (χ4n) is 3.63. The maximum atomic E-state index is 13.0. The molecule has 0 N–H and O–H groups in total. The van der Waals surface area contributed by atoms with Gasteiger partial charge in [-0.3, -0.25) is 14.5 Å². The molecule has 0 unspecified atom stereocenters. The van der Waals surface area contributed by atoms with E-state index in [1.807, 2.05) is 25.1 Å². The van der Waals surface area contributed by atoms with Crippen LogP contribution in [0.15, 0.2) is 35.2 Å². The van der Waals surface area contributed by atoms with Crippen molar-refractivity contribution in [2.75, 3.05) is 33.5 Å². The molecular formula is C27H30INO7S. The first-order valence-corrected chi connectivity index (χ1v) is 13.7.